The summed E-state index contributed by atoms with van der Waals surface area (Å²) in [6.07, 6.45) is 0. The topological polar surface area (TPSA) is 46.2 Å². The van der Waals surface area contributed by atoms with Crippen LogP contribution in [0.15, 0.2) is 0 Å². The molecule has 0 amide bonds. The van der Waals surface area contributed by atoms with Crippen molar-refractivity contribution in [3.8, 4) is 0 Å². The first kappa shape index (κ1) is 11.0. The molecule has 78 valence electrons. The van der Waals surface area contributed by atoms with Crippen LogP contribution in [-0.4, -0.2) is 33.0 Å². The van der Waals surface area contributed by atoms with E-state index < -0.39 is 9.84 Å². The van der Waals surface area contributed by atoms with E-state index >= 15 is 0 Å². The van der Waals surface area contributed by atoms with E-state index in [4.69, 9.17) is 0 Å². The molecule has 3 nitrogen and oxygen atoms in total. The summed E-state index contributed by atoms with van der Waals surface area (Å²) in [4.78, 5) is 0. The fourth-order valence-corrected chi connectivity index (χ4v) is 3.64. The minimum absolute atomic E-state index is 0.102. The molecular formula is C9H19NO2S. The average Bonchev–Trinajstić information content (AvgIpc) is 2.09. The van der Waals surface area contributed by atoms with Crippen LogP contribution in [0.25, 0.3) is 0 Å². The third-order valence-corrected chi connectivity index (χ3v) is 4.99. The summed E-state index contributed by atoms with van der Waals surface area (Å²) in [6.45, 7) is 7.63. The first-order valence-corrected chi connectivity index (χ1v) is 6.59. The Hall–Kier alpha value is -0.0900. The summed E-state index contributed by atoms with van der Waals surface area (Å²) >= 11 is 0. The SMILES string of the molecule is CC(C)C1(C)CNCCS(=O)(=O)C1. The Balaban J connectivity index is 2.87. The summed E-state index contributed by atoms with van der Waals surface area (Å²) in [5.41, 5.74) is -0.102. The van der Waals surface area contributed by atoms with Gasteiger partial charge in [0.05, 0.1) is 11.5 Å². The van der Waals surface area contributed by atoms with Gasteiger partial charge in [0.15, 0.2) is 9.84 Å². The second kappa shape index (κ2) is 3.58. The largest absolute Gasteiger partial charge is 0.315 e. The van der Waals surface area contributed by atoms with Crippen LogP contribution in [0.2, 0.25) is 0 Å². The lowest BCUT2D eigenvalue weighted by Gasteiger charge is -2.31. The van der Waals surface area contributed by atoms with Crippen LogP contribution in [-0.2, 0) is 9.84 Å². The highest BCUT2D eigenvalue weighted by molar-refractivity contribution is 7.91. The molecule has 1 rings (SSSR count). The minimum atomic E-state index is -2.83. The summed E-state index contributed by atoms with van der Waals surface area (Å²) in [6, 6.07) is 0. The van der Waals surface area contributed by atoms with Crippen molar-refractivity contribution in [2.45, 2.75) is 20.8 Å². The highest BCUT2D eigenvalue weighted by atomic mass is 32.2. The Labute approximate surface area is 80.8 Å². The van der Waals surface area contributed by atoms with Crippen LogP contribution in [0.3, 0.4) is 0 Å². The third kappa shape index (κ3) is 2.68. The van der Waals surface area contributed by atoms with Crippen LogP contribution in [0.5, 0.6) is 0 Å². The van der Waals surface area contributed by atoms with Gasteiger partial charge in [-0.3, -0.25) is 0 Å². The van der Waals surface area contributed by atoms with Crippen molar-refractivity contribution in [3.63, 3.8) is 0 Å². The molecule has 1 heterocycles. The van der Waals surface area contributed by atoms with Crippen molar-refractivity contribution >= 4 is 9.84 Å². The molecule has 13 heavy (non-hydrogen) atoms. The van der Waals surface area contributed by atoms with Crippen molar-refractivity contribution in [3.05, 3.63) is 0 Å². The molecule has 1 atom stereocenters. The van der Waals surface area contributed by atoms with E-state index in [9.17, 15) is 8.42 Å². The van der Waals surface area contributed by atoms with Crippen molar-refractivity contribution in [2.24, 2.45) is 11.3 Å². The Morgan fingerprint density at radius 1 is 1.38 bits per heavy atom. The van der Waals surface area contributed by atoms with E-state index in [1.807, 2.05) is 6.92 Å². The Bertz CT molecular complexity index is 271. The van der Waals surface area contributed by atoms with Gasteiger partial charge in [-0.25, -0.2) is 8.42 Å². The second-order valence-electron chi connectivity index (χ2n) is 4.58. The first-order chi connectivity index (χ1) is 5.86. The Kier molecular flexibility index (Phi) is 3.02. The monoisotopic (exact) mass is 205 g/mol. The molecule has 0 saturated carbocycles. The van der Waals surface area contributed by atoms with Gasteiger partial charge in [-0.1, -0.05) is 20.8 Å². The molecule has 0 aliphatic carbocycles. The van der Waals surface area contributed by atoms with Gasteiger partial charge in [-0.2, -0.15) is 0 Å². The average molecular weight is 205 g/mol. The lowest BCUT2D eigenvalue weighted by molar-refractivity contribution is 0.248. The Morgan fingerprint density at radius 3 is 2.54 bits per heavy atom. The fourth-order valence-electron chi connectivity index (χ4n) is 1.60. The van der Waals surface area contributed by atoms with Crippen LogP contribution in [0.4, 0.5) is 0 Å². The minimum Gasteiger partial charge on any atom is -0.315 e. The molecule has 1 unspecified atom stereocenters. The molecular weight excluding hydrogens is 186 g/mol. The molecule has 0 radical (unpaired) electrons. The van der Waals surface area contributed by atoms with Crippen molar-refractivity contribution < 1.29 is 8.42 Å². The molecule has 1 aliphatic heterocycles. The van der Waals surface area contributed by atoms with E-state index in [1.165, 1.54) is 0 Å². The van der Waals surface area contributed by atoms with Crippen LogP contribution >= 0.6 is 0 Å². The third-order valence-electron chi connectivity index (χ3n) is 3.06. The maximum Gasteiger partial charge on any atom is 0.152 e. The van der Waals surface area contributed by atoms with Gasteiger partial charge in [-0.15, -0.1) is 0 Å². The van der Waals surface area contributed by atoms with E-state index in [0.717, 1.165) is 6.54 Å². The van der Waals surface area contributed by atoms with Gasteiger partial charge >= 0.3 is 0 Å². The van der Waals surface area contributed by atoms with Gasteiger partial charge in [0.2, 0.25) is 0 Å². The molecule has 0 aromatic rings. The zero-order chi connectivity index (χ0) is 10.1. The summed E-state index contributed by atoms with van der Waals surface area (Å²) in [7, 11) is -2.83. The highest BCUT2D eigenvalue weighted by Gasteiger charge is 2.35. The maximum absolute atomic E-state index is 11.6. The number of hydrogen-bond acceptors (Lipinski definition) is 3. The standard InChI is InChI=1S/C9H19NO2S/c1-8(2)9(3)6-10-4-5-13(11,12)7-9/h8,10H,4-7H2,1-3H3. The molecule has 1 fully saturated rings. The number of nitrogens with one attached hydrogen (secondary N) is 1. The van der Waals surface area contributed by atoms with Crippen molar-refractivity contribution in [1.82, 2.24) is 5.32 Å². The molecule has 0 aromatic carbocycles. The Morgan fingerprint density at radius 2 is 2.00 bits per heavy atom. The zero-order valence-corrected chi connectivity index (χ0v) is 9.45. The number of sulfone groups is 1. The van der Waals surface area contributed by atoms with E-state index in [0.29, 0.717) is 18.2 Å². The normalized spacial score (nSPS) is 34.5. The van der Waals surface area contributed by atoms with E-state index in [-0.39, 0.29) is 11.2 Å². The predicted octanol–water partition coefficient (Wildman–Crippen LogP) is 0.667. The van der Waals surface area contributed by atoms with Gasteiger partial charge in [0.1, 0.15) is 0 Å². The van der Waals surface area contributed by atoms with E-state index in [1.54, 1.807) is 0 Å². The quantitative estimate of drug-likeness (QED) is 0.684. The molecule has 4 heteroatoms. The maximum atomic E-state index is 11.6. The molecule has 1 N–H and O–H groups in total. The van der Waals surface area contributed by atoms with Crippen molar-refractivity contribution in [2.75, 3.05) is 24.6 Å². The molecule has 0 bridgehead atoms. The van der Waals surface area contributed by atoms with Crippen LogP contribution in [0.1, 0.15) is 20.8 Å². The summed E-state index contributed by atoms with van der Waals surface area (Å²) in [5.74, 6) is 1.01. The van der Waals surface area contributed by atoms with Crippen molar-refractivity contribution in [1.29, 1.82) is 0 Å². The van der Waals surface area contributed by atoms with Crippen LogP contribution < -0.4 is 5.32 Å². The second-order valence-corrected chi connectivity index (χ2v) is 6.76. The number of rotatable bonds is 1. The molecule has 1 aliphatic rings. The lowest BCUT2D eigenvalue weighted by atomic mass is 9.81. The van der Waals surface area contributed by atoms with E-state index in [2.05, 4.69) is 19.2 Å². The summed E-state index contributed by atoms with van der Waals surface area (Å²) in [5, 5.41) is 3.20. The highest BCUT2D eigenvalue weighted by Crippen LogP contribution is 2.29. The number of hydrogen-bond donors (Lipinski definition) is 1. The first-order valence-electron chi connectivity index (χ1n) is 4.77. The zero-order valence-electron chi connectivity index (χ0n) is 8.63. The van der Waals surface area contributed by atoms with Crippen LogP contribution in [0, 0.1) is 11.3 Å². The molecule has 0 spiro atoms. The molecule has 1 saturated heterocycles. The predicted molar refractivity (Wildman–Crippen MR) is 54.5 cm³/mol. The molecule has 0 aromatic heterocycles. The lowest BCUT2D eigenvalue weighted by Crippen LogP contribution is -2.38. The smallest absolute Gasteiger partial charge is 0.152 e. The summed E-state index contributed by atoms with van der Waals surface area (Å²) < 4.78 is 23.1. The van der Waals surface area contributed by atoms with Gasteiger partial charge in [0.25, 0.3) is 0 Å². The van der Waals surface area contributed by atoms with Gasteiger partial charge < -0.3 is 5.32 Å². The fraction of sp³-hybridized carbons (Fsp3) is 1.00. The van der Waals surface area contributed by atoms with Gasteiger partial charge in [-0.05, 0) is 11.3 Å². The van der Waals surface area contributed by atoms with Gasteiger partial charge in [0, 0.05) is 13.1 Å².